The molecule has 1 fully saturated rings. The highest BCUT2D eigenvalue weighted by molar-refractivity contribution is 7.85. The zero-order chi connectivity index (χ0) is 11.9. The fourth-order valence-electron chi connectivity index (χ4n) is 2.01. The van der Waals surface area contributed by atoms with Crippen molar-refractivity contribution >= 4 is 10.1 Å². The molecule has 0 N–H and O–H groups in total. The number of hydrogen-bond acceptors (Lipinski definition) is 4. The van der Waals surface area contributed by atoms with E-state index in [2.05, 4.69) is 9.08 Å². The third kappa shape index (κ3) is 7.19. The summed E-state index contributed by atoms with van der Waals surface area (Å²) in [7, 11) is -3.24. The summed E-state index contributed by atoms with van der Waals surface area (Å²) in [5, 5.41) is 0. The van der Waals surface area contributed by atoms with Crippen LogP contribution in [0.25, 0.3) is 0 Å². The largest absolute Gasteiger partial charge is 0.303 e. The fraction of sp³-hybridized carbons (Fsp3) is 1.00. The van der Waals surface area contributed by atoms with Crippen LogP contribution in [0, 0.1) is 0 Å². The van der Waals surface area contributed by atoms with Crippen LogP contribution in [0.1, 0.15) is 38.5 Å². The Kier molecular flexibility index (Phi) is 6.31. The van der Waals surface area contributed by atoms with Crippen LogP contribution < -0.4 is 0 Å². The number of rotatable bonds is 7. The molecule has 0 spiro atoms. The standard InChI is InChI=1S/C11H23NO3S/c1-16(13,14)15-11-7-3-6-10-12-8-4-2-5-9-12/h2-11H2,1H3. The summed E-state index contributed by atoms with van der Waals surface area (Å²) >= 11 is 0. The van der Waals surface area contributed by atoms with Crippen LogP contribution in [-0.4, -0.2) is 45.8 Å². The van der Waals surface area contributed by atoms with Gasteiger partial charge in [-0.15, -0.1) is 0 Å². The molecule has 0 amide bonds. The first-order valence-corrected chi connectivity index (χ1v) is 7.96. The molecule has 0 radical (unpaired) electrons. The first kappa shape index (κ1) is 13.9. The average molecular weight is 249 g/mol. The van der Waals surface area contributed by atoms with Crippen molar-refractivity contribution in [3.63, 3.8) is 0 Å². The SMILES string of the molecule is CS(=O)(=O)OCCCCCN1CCCCC1. The number of unbranched alkanes of at least 4 members (excludes halogenated alkanes) is 2. The van der Waals surface area contributed by atoms with Gasteiger partial charge in [-0.1, -0.05) is 6.42 Å². The van der Waals surface area contributed by atoms with Gasteiger partial charge in [-0.2, -0.15) is 8.42 Å². The van der Waals surface area contributed by atoms with Crippen LogP contribution in [0.5, 0.6) is 0 Å². The summed E-state index contributed by atoms with van der Waals surface area (Å²) in [6.45, 7) is 3.96. The molecule has 0 aliphatic carbocycles. The Morgan fingerprint density at radius 1 is 1.06 bits per heavy atom. The lowest BCUT2D eigenvalue weighted by molar-refractivity contribution is 0.221. The summed E-state index contributed by atoms with van der Waals surface area (Å²) in [6.07, 6.45) is 8.16. The number of nitrogens with zero attached hydrogens (tertiary/aromatic N) is 1. The zero-order valence-electron chi connectivity index (χ0n) is 10.2. The molecule has 1 aliphatic heterocycles. The Balaban J connectivity index is 1.91. The fourth-order valence-corrected chi connectivity index (χ4v) is 2.43. The molecule has 1 aliphatic rings. The van der Waals surface area contributed by atoms with Crippen molar-refractivity contribution in [3.8, 4) is 0 Å². The molecule has 4 nitrogen and oxygen atoms in total. The molecule has 0 saturated carbocycles. The van der Waals surface area contributed by atoms with Gasteiger partial charge in [-0.25, -0.2) is 0 Å². The highest BCUT2D eigenvalue weighted by Crippen LogP contribution is 2.09. The van der Waals surface area contributed by atoms with Crippen molar-refractivity contribution in [2.24, 2.45) is 0 Å². The quantitative estimate of drug-likeness (QED) is 0.508. The maximum absolute atomic E-state index is 10.7. The highest BCUT2D eigenvalue weighted by Gasteiger charge is 2.08. The van der Waals surface area contributed by atoms with Gasteiger partial charge in [-0.3, -0.25) is 4.18 Å². The van der Waals surface area contributed by atoms with Gasteiger partial charge in [-0.05, 0) is 51.7 Å². The second-order valence-corrected chi connectivity index (χ2v) is 6.13. The second kappa shape index (κ2) is 7.25. The van der Waals surface area contributed by atoms with Crippen molar-refractivity contribution in [2.75, 3.05) is 32.5 Å². The summed E-state index contributed by atoms with van der Waals surface area (Å²) in [6, 6.07) is 0. The van der Waals surface area contributed by atoms with Gasteiger partial charge in [0, 0.05) is 0 Å². The molecule has 0 atom stereocenters. The smallest absolute Gasteiger partial charge is 0.264 e. The molecule has 1 rings (SSSR count). The third-order valence-corrected chi connectivity index (χ3v) is 3.46. The maximum Gasteiger partial charge on any atom is 0.264 e. The van der Waals surface area contributed by atoms with E-state index in [4.69, 9.17) is 0 Å². The Hall–Kier alpha value is -0.130. The van der Waals surface area contributed by atoms with Gasteiger partial charge < -0.3 is 4.90 Å². The lowest BCUT2D eigenvalue weighted by Gasteiger charge is -2.26. The van der Waals surface area contributed by atoms with E-state index in [1.165, 1.54) is 32.4 Å². The van der Waals surface area contributed by atoms with Crippen LogP contribution >= 0.6 is 0 Å². The first-order valence-electron chi connectivity index (χ1n) is 6.15. The van der Waals surface area contributed by atoms with Crippen molar-refractivity contribution in [1.29, 1.82) is 0 Å². The predicted octanol–water partition coefficient (Wildman–Crippen LogP) is 1.62. The van der Waals surface area contributed by atoms with Crippen LogP contribution in [0.2, 0.25) is 0 Å². The van der Waals surface area contributed by atoms with E-state index >= 15 is 0 Å². The normalized spacial score (nSPS) is 18.8. The molecule has 5 heteroatoms. The van der Waals surface area contributed by atoms with Gasteiger partial charge in [0.05, 0.1) is 12.9 Å². The second-order valence-electron chi connectivity index (χ2n) is 4.49. The minimum atomic E-state index is -3.24. The van der Waals surface area contributed by atoms with E-state index in [0.717, 1.165) is 32.1 Å². The summed E-state index contributed by atoms with van der Waals surface area (Å²) in [5.74, 6) is 0. The maximum atomic E-state index is 10.7. The summed E-state index contributed by atoms with van der Waals surface area (Å²) < 4.78 is 26.0. The molecule has 0 aromatic rings. The molecule has 0 unspecified atom stereocenters. The zero-order valence-corrected chi connectivity index (χ0v) is 11.0. The Bertz CT molecular complexity index is 271. The molecular weight excluding hydrogens is 226 g/mol. The summed E-state index contributed by atoms with van der Waals surface area (Å²) in [4.78, 5) is 2.50. The van der Waals surface area contributed by atoms with Crippen molar-refractivity contribution in [1.82, 2.24) is 4.90 Å². The minimum absolute atomic E-state index is 0.332. The lowest BCUT2D eigenvalue weighted by Crippen LogP contribution is -2.30. The Labute approximate surface area is 99.1 Å². The highest BCUT2D eigenvalue weighted by atomic mass is 32.2. The molecule has 0 aromatic carbocycles. The minimum Gasteiger partial charge on any atom is -0.303 e. The molecule has 1 saturated heterocycles. The Morgan fingerprint density at radius 3 is 2.38 bits per heavy atom. The molecule has 16 heavy (non-hydrogen) atoms. The van der Waals surface area contributed by atoms with E-state index in [-0.39, 0.29) is 0 Å². The summed E-state index contributed by atoms with van der Waals surface area (Å²) in [5.41, 5.74) is 0. The van der Waals surface area contributed by atoms with Crippen LogP contribution in [0.4, 0.5) is 0 Å². The van der Waals surface area contributed by atoms with E-state index in [9.17, 15) is 8.42 Å². The molecule has 96 valence electrons. The van der Waals surface area contributed by atoms with Gasteiger partial charge in [0.2, 0.25) is 0 Å². The van der Waals surface area contributed by atoms with E-state index in [1.807, 2.05) is 0 Å². The monoisotopic (exact) mass is 249 g/mol. The van der Waals surface area contributed by atoms with E-state index in [0.29, 0.717) is 6.61 Å². The van der Waals surface area contributed by atoms with Gasteiger partial charge in [0.1, 0.15) is 0 Å². The van der Waals surface area contributed by atoms with Gasteiger partial charge >= 0.3 is 0 Å². The lowest BCUT2D eigenvalue weighted by atomic mass is 10.1. The topological polar surface area (TPSA) is 46.6 Å². The van der Waals surface area contributed by atoms with E-state index in [1.54, 1.807) is 0 Å². The first-order chi connectivity index (χ1) is 7.58. The predicted molar refractivity (Wildman–Crippen MR) is 64.9 cm³/mol. The van der Waals surface area contributed by atoms with Gasteiger partial charge in [0.15, 0.2) is 0 Å². The van der Waals surface area contributed by atoms with Crippen molar-refractivity contribution in [2.45, 2.75) is 38.5 Å². The van der Waals surface area contributed by atoms with Crippen LogP contribution in [0.3, 0.4) is 0 Å². The number of hydrogen-bond donors (Lipinski definition) is 0. The molecule has 0 aromatic heterocycles. The molecule has 0 bridgehead atoms. The Morgan fingerprint density at radius 2 is 1.75 bits per heavy atom. The average Bonchev–Trinajstić information content (AvgIpc) is 2.23. The van der Waals surface area contributed by atoms with E-state index < -0.39 is 10.1 Å². The van der Waals surface area contributed by atoms with Crippen molar-refractivity contribution in [3.05, 3.63) is 0 Å². The van der Waals surface area contributed by atoms with Crippen molar-refractivity contribution < 1.29 is 12.6 Å². The molecule has 1 heterocycles. The number of piperidine rings is 1. The molecular formula is C11H23NO3S. The number of likely N-dealkylation sites (tertiary alicyclic amines) is 1. The third-order valence-electron chi connectivity index (χ3n) is 2.86. The van der Waals surface area contributed by atoms with Gasteiger partial charge in [0.25, 0.3) is 10.1 Å². The van der Waals surface area contributed by atoms with Crippen LogP contribution in [0.15, 0.2) is 0 Å². The van der Waals surface area contributed by atoms with Crippen LogP contribution in [-0.2, 0) is 14.3 Å².